The Labute approximate surface area is 88.7 Å². The van der Waals surface area contributed by atoms with Gasteiger partial charge in [0.15, 0.2) is 0 Å². The normalized spacial score (nSPS) is 14.5. The predicted molar refractivity (Wildman–Crippen MR) is 62.6 cm³/mol. The number of hydrogen-bond donors (Lipinski definition) is 1. The van der Waals surface area contributed by atoms with Gasteiger partial charge < -0.3 is 4.74 Å². The molecule has 0 spiro atoms. The molecular weight excluding hydrogens is 180 g/mol. The van der Waals surface area contributed by atoms with Crippen molar-refractivity contribution in [3.63, 3.8) is 0 Å². The second kappa shape index (κ2) is 6.72. The summed E-state index contributed by atoms with van der Waals surface area (Å²) in [5, 5.41) is 0. The highest BCUT2D eigenvalue weighted by molar-refractivity contribution is 7.80. The molecule has 1 unspecified atom stereocenters. The minimum absolute atomic E-state index is 0.298. The van der Waals surface area contributed by atoms with Crippen LogP contribution >= 0.6 is 12.6 Å². The summed E-state index contributed by atoms with van der Waals surface area (Å²) in [4.78, 5) is 0. The first-order valence-corrected chi connectivity index (χ1v) is 5.99. The SMILES string of the molecule is CCC(C)OCC(CC)(CC)CS. The van der Waals surface area contributed by atoms with Crippen molar-refractivity contribution in [2.75, 3.05) is 12.4 Å². The fourth-order valence-corrected chi connectivity index (χ4v) is 1.70. The van der Waals surface area contributed by atoms with Crippen LogP contribution in [0.4, 0.5) is 0 Å². The van der Waals surface area contributed by atoms with E-state index in [1.165, 1.54) is 0 Å². The van der Waals surface area contributed by atoms with Crippen LogP contribution in [-0.4, -0.2) is 18.5 Å². The van der Waals surface area contributed by atoms with Crippen molar-refractivity contribution < 1.29 is 4.74 Å². The number of ether oxygens (including phenoxy) is 1. The molecule has 0 N–H and O–H groups in total. The molecule has 80 valence electrons. The minimum atomic E-state index is 0.298. The maximum absolute atomic E-state index is 5.78. The standard InChI is InChI=1S/C11H24OS/c1-5-10(4)12-8-11(6-2,7-3)9-13/h10,13H,5-9H2,1-4H3. The third-order valence-electron chi connectivity index (χ3n) is 3.08. The van der Waals surface area contributed by atoms with Crippen molar-refractivity contribution in [1.29, 1.82) is 0 Å². The van der Waals surface area contributed by atoms with Gasteiger partial charge in [-0.3, -0.25) is 0 Å². The summed E-state index contributed by atoms with van der Waals surface area (Å²) in [6.45, 7) is 9.59. The minimum Gasteiger partial charge on any atom is -0.378 e. The Bertz CT molecular complexity index is 113. The highest BCUT2D eigenvalue weighted by Gasteiger charge is 2.25. The summed E-state index contributed by atoms with van der Waals surface area (Å²) >= 11 is 4.41. The summed E-state index contributed by atoms with van der Waals surface area (Å²) in [6.07, 6.45) is 3.79. The number of thiol groups is 1. The van der Waals surface area contributed by atoms with E-state index in [1.807, 2.05) is 0 Å². The van der Waals surface area contributed by atoms with E-state index in [0.717, 1.165) is 31.6 Å². The van der Waals surface area contributed by atoms with Crippen molar-refractivity contribution in [1.82, 2.24) is 0 Å². The van der Waals surface area contributed by atoms with Gasteiger partial charge in [0.25, 0.3) is 0 Å². The van der Waals surface area contributed by atoms with Gasteiger partial charge in [-0.05, 0) is 31.9 Å². The van der Waals surface area contributed by atoms with E-state index in [1.54, 1.807) is 0 Å². The van der Waals surface area contributed by atoms with Crippen LogP contribution in [0.2, 0.25) is 0 Å². The average molecular weight is 204 g/mol. The first kappa shape index (κ1) is 13.3. The van der Waals surface area contributed by atoms with Gasteiger partial charge in [-0.1, -0.05) is 20.8 Å². The van der Waals surface area contributed by atoms with Crippen molar-refractivity contribution in [3.8, 4) is 0 Å². The zero-order chi connectivity index (χ0) is 10.3. The van der Waals surface area contributed by atoms with Gasteiger partial charge in [0.1, 0.15) is 0 Å². The van der Waals surface area contributed by atoms with Gasteiger partial charge in [0.05, 0.1) is 12.7 Å². The molecule has 0 amide bonds. The van der Waals surface area contributed by atoms with E-state index >= 15 is 0 Å². The largest absolute Gasteiger partial charge is 0.378 e. The van der Waals surface area contributed by atoms with Crippen molar-refractivity contribution >= 4 is 12.6 Å². The van der Waals surface area contributed by atoms with E-state index in [9.17, 15) is 0 Å². The first-order chi connectivity index (χ1) is 6.14. The molecule has 0 aliphatic rings. The Balaban J connectivity index is 3.95. The molecule has 0 aliphatic heterocycles. The summed E-state index contributed by atoms with van der Waals surface area (Å²) in [5.74, 6) is 0.927. The maximum atomic E-state index is 5.78. The molecule has 0 heterocycles. The quantitative estimate of drug-likeness (QED) is 0.624. The van der Waals surface area contributed by atoms with Crippen LogP contribution in [-0.2, 0) is 4.74 Å². The lowest BCUT2D eigenvalue weighted by molar-refractivity contribution is 0.00287. The molecule has 0 saturated carbocycles. The maximum Gasteiger partial charge on any atom is 0.0544 e. The van der Waals surface area contributed by atoms with Gasteiger partial charge in [0.2, 0.25) is 0 Å². The molecule has 13 heavy (non-hydrogen) atoms. The smallest absolute Gasteiger partial charge is 0.0544 e. The van der Waals surface area contributed by atoms with Crippen LogP contribution in [0.25, 0.3) is 0 Å². The highest BCUT2D eigenvalue weighted by Crippen LogP contribution is 2.28. The molecule has 1 nitrogen and oxygen atoms in total. The van der Waals surface area contributed by atoms with E-state index < -0.39 is 0 Å². The Morgan fingerprint density at radius 2 is 1.77 bits per heavy atom. The molecule has 0 bridgehead atoms. The zero-order valence-electron chi connectivity index (χ0n) is 9.47. The van der Waals surface area contributed by atoms with E-state index in [-0.39, 0.29) is 0 Å². The molecule has 1 atom stereocenters. The second-order valence-electron chi connectivity index (χ2n) is 3.90. The molecule has 0 radical (unpaired) electrons. The second-order valence-corrected chi connectivity index (χ2v) is 4.21. The van der Waals surface area contributed by atoms with Gasteiger partial charge in [-0.2, -0.15) is 12.6 Å². The lowest BCUT2D eigenvalue weighted by Gasteiger charge is -2.30. The molecule has 0 rings (SSSR count). The van der Waals surface area contributed by atoms with Crippen molar-refractivity contribution in [2.24, 2.45) is 5.41 Å². The zero-order valence-corrected chi connectivity index (χ0v) is 10.4. The van der Waals surface area contributed by atoms with Crippen LogP contribution in [0.15, 0.2) is 0 Å². The molecule has 2 heteroatoms. The topological polar surface area (TPSA) is 9.23 Å². The van der Waals surface area contributed by atoms with Gasteiger partial charge >= 0.3 is 0 Å². The number of rotatable bonds is 7. The Morgan fingerprint density at radius 1 is 1.23 bits per heavy atom. The lowest BCUT2D eigenvalue weighted by atomic mass is 9.85. The van der Waals surface area contributed by atoms with E-state index in [0.29, 0.717) is 11.5 Å². The monoisotopic (exact) mass is 204 g/mol. The Hall–Kier alpha value is 0.310. The van der Waals surface area contributed by atoms with Crippen LogP contribution in [0, 0.1) is 5.41 Å². The van der Waals surface area contributed by atoms with Crippen LogP contribution in [0.3, 0.4) is 0 Å². The third-order valence-corrected chi connectivity index (χ3v) is 3.76. The van der Waals surface area contributed by atoms with Crippen LogP contribution < -0.4 is 0 Å². The Kier molecular flexibility index (Phi) is 6.88. The lowest BCUT2D eigenvalue weighted by Crippen LogP contribution is -2.29. The predicted octanol–water partition coefficient (Wildman–Crippen LogP) is 3.54. The van der Waals surface area contributed by atoms with E-state index in [4.69, 9.17) is 4.74 Å². The molecule has 0 aromatic heterocycles. The van der Waals surface area contributed by atoms with Crippen LogP contribution in [0.1, 0.15) is 47.0 Å². The first-order valence-electron chi connectivity index (χ1n) is 5.36. The molecule has 0 aliphatic carbocycles. The van der Waals surface area contributed by atoms with Gasteiger partial charge in [0, 0.05) is 5.41 Å². The molecule has 0 saturated heterocycles. The molecular formula is C11H24OS. The number of hydrogen-bond acceptors (Lipinski definition) is 2. The summed E-state index contributed by atoms with van der Waals surface area (Å²) in [7, 11) is 0. The van der Waals surface area contributed by atoms with Gasteiger partial charge in [-0.25, -0.2) is 0 Å². The van der Waals surface area contributed by atoms with Crippen LogP contribution in [0.5, 0.6) is 0 Å². The molecule has 0 aromatic carbocycles. The molecule has 0 aromatic rings. The van der Waals surface area contributed by atoms with Crippen molar-refractivity contribution in [2.45, 2.75) is 53.1 Å². The molecule has 0 fully saturated rings. The summed E-state index contributed by atoms with van der Waals surface area (Å²) < 4.78 is 5.78. The average Bonchev–Trinajstić information content (AvgIpc) is 2.20. The Morgan fingerprint density at radius 3 is 2.08 bits per heavy atom. The third kappa shape index (κ3) is 4.37. The van der Waals surface area contributed by atoms with E-state index in [2.05, 4.69) is 40.3 Å². The highest BCUT2D eigenvalue weighted by atomic mass is 32.1. The summed E-state index contributed by atoms with van der Waals surface area (Å²) in [6, 6.07) is 0. The van der Waals surface area contributed by atoms with Gasteiger partial charge in [-0.15, -0.1) is 0 Å². The summed E-state index contributed by atoms with van der Waals surface area (Å²) in [5.41, 5.74) is 0.298. The fourth-order valence-electron chi connectivity index (χ4n) is 1.16. The fraction of sp³-hybridized carbons (Fsp3) is 1.00. The van der Waals surface area contributed by atoms with Crippen molar-refractivity contribution in [3.05, 3.63) is 0 Å².